The summed E-state index contributed by atoms with van der Waals surface area (Å²) in [5.74, 6) is 1.03. The molecular weight excluding hydrogens is 270 g/mol. The molecule has 3 rings (SSSR count). The molecular formula is C16H21NO4. The summed E-state index contributed by atoms with van der Waals surface area (Å²) in [6.45, 7) is 6.59. The van der Waals surface area contributed by atoms with Gasteiger partial charge in [0.25, 0.3) is 5.91 Å². The first-order valence-electron chi connectivity index (χ1n) is 7.39. The number of rotatable bonds is 2. The Morgan fingerprint density at radius 3 is 2.90 bits per heavy atom. The quantitative estimate of drug-likeness (QED) is 0.902. The van der Waals surface area contributed by atoms with Crippen LogP contribution in [-0.2, 0) is 0 Å². The van der Waals surface area contributed by atoms with Crippen LogP contribution in [0, 0.1) is 6.92 Å². The second-order valence-corrected chi connectivity index (χ2v) is 6.11. The largest absolute Gasteiger partial charge is 0.490 e. The number of nitrogens with zero attached hydrogens (tertiary/aromatic N) is 1. The number of aryl methyl sites for hydroxylation is 1. The second-order valence-electron chi connectivity index (χ2n) is 6.11. The van der Waals surface area contributed by atoms with E-state index >= 15 is 0 Å². The van der Waals surface area contributed by atoms with Crippen molar-refractivity contribution >= 4 is 5.91 Å². The Labute approximate surface area is 124 Å². The van der Waals surface area contributed by atoms with Crippen LogP contribution in [0.1, 0.15) is 36.2 Å². The molecule has 1 saturated heterocycles. The molecule has 5 heteroatoms. The van der Waals surface area contributed by atoms with Crippen LogP contribution in [-0.4, -0.2) is 47.3 Å². The Balaban J connectivity index is 2.05. The van der Waals surface area contributed by atoms with Crippen LogP contribution in [0.2, 0.25) is 0 Å². The van der Waals surface area contributed by atoms with Crippen LogP contribution in [0.25, 0.3) is 0 Å². The van der Waals surface area contributed by atoms with Crippen molar-refractivity contribution in [2.45, 2.75) is 45.4 Å². The highest BCUT2D eigenvalue weighted by molar-refractivity contribution is 6.00. The number of hydrogen-bond donors (Lipinski definition) is 1. The zero-order chi connectivity index (χ0) is 15.1. The summed E-state index contributed by atoms with van der Waals surface area (Å²) in [6, 6.07) is 3.68. The third kappa shape index (κ3) is 2.58. The molecule has 1 amide bonds. The molecule has 0 saturated carbocycles. The first-order valence-corrected chi connectivity index (χ1v) is 7.39. The highest BCUT2D eigenvalue weighted by Crippen LogP contribution is 2.37. The predicted octanol–water partition coefficient (Wildman–Crippen LogP) is 1.75. The Morgan fingerprint density at radius 1 is 1.43 bits per heavy atom. The van der Waals surface area contributed by atoms with Crippen molar-refractivity contribution < 1.29 is 19.4 Å². The molecule has 1 N–H and O–H groups in total. The van der Waals surface area contributed by atoms with E-state index in [0.717, 1.165) is 5.56 Å². The minimum atomic E-state index is -0.469. The van der Waals surface area contributed by atoms with E-state index in [4.69, 9.17) is 9.47 Å². The van der Waals surface area contributed by atoms with E-state index in [1.165, 1.54) is 0 Å². The molecule has 5 nitrogen and oxygen atoms in total. The molecule has 2 aliphatic heterocycles. The summed E-state index contributed by atoms with van der Waals surface area (Å²) in [5, 5.41) is 9.80. The van der Waals surface area contributed by atoms with Gasteiger partial charge in [-0.05, 0) is 44.9 Å². The smallest absolute Gasteiger partial charge is 0.261 e. The predicted molar refractivity (Wildman–Crippen MR) is 77.9 cm³/mol. The van der Waals surface area contributed by atoms with Gasteiger partial charge in [0.1, 0.15) is 23.7 Å². The van der Waals surface area contributed by atoms with Gasteiger partial charge in [0.2, 0.25) is 0 Å². The van der Waals surface area contributed by atoms with Gasteiger partial charge >= 0.3 is 0 Å². The van der Waals surface area contributed by atoms with Crippen LogP contribution < -0.4 is 9.47 Å². The molecule has 0 radical (unpaired) electrons. The first kappa shape index (κ1) is 14.2. The standard InChI is InChI=1S/C16H21NO4/c1-9(2)21-14-5-10(3)4-13-15(14)16(19)17-7-12(18)6-11(17)8-20-13/h4-5,9,11-12,18H,6-8H2,1-3H3/t11-,12+/m1/s1. The van der Waals surface area contributed by atoms with Crippen LogP contribution in [0.5, 0.6) is 11.5 Å². The number of carbonyl (C=O) groups is 1. The van der Waals surface area contributed by atoms with E-state index < -0.39 is 6.10 Å². The SMILES string of the molecule is Cc1cc2c(c(OC(C)C)c1)C(=O)N1C[C@@H](O)C[C@@H]1CO2. The lowest BCUT2D eigenvalue weighted by molar-refractivity contribution is 0.0705. The fraction of sp³-hybridized carbons (Fsp3) is 0.562. The number of carbonyl (C=O) groups excluding carboxylic acids is 1. The van der Waals surface area contributed by atoms with Gasteiger partial charge in [0.15, 0.2) is 0 Å². The Morgan fingerprint density at radius 2 is 2.19 bits per heavy atom. The summed E-state index contributed by atoms with van der Waals surface area (Å²) in [4.78, 5) is 14.5. The molecule has 0 unspecified atom stereocenters. The summed E-state index contributed by atoms with van der Waals surface area (Å²) >= 11 is 0. The fourth-order valence-electron chi connectivity index (χ4n) is 3.02. The Hall–Kier alpha value is -1.75. The zero-order valence-electron chi connectivity index (χ0n) is 12.6. The van der Waals surface area contributed by atoms with E-state index in [2.05, 4.69) is 0 Å². The Bertz CT molecular complexity index is 570. The number of hydrogen-bond acceptors (Lipinski definition) is 4. The molecule has 2 heterocycles. The highest BCUT2D eigenvalue weighted by atomic mass is 16.5. The summed E-state index contributed by atoms with van der Waals surface area (Å²) in [6.07, 6.45) is 0.0787. The summed E-state index contributed by atoms with van der Waals surface area (Å²) in [5.41, 5.74) is 1.48. The topological polar surface area (TPSA) is 59.0 Å². The highest BCUT2D eigenvalue weighted by Gasteiger charge is 2.40. The van der Waals surface area contributed by atoms with Crippen molar-refractivity contribution in [1.82, 2.24) is 4.90 Å². The number of fused-ring (bicyclic) bond motifs is 2. The normalized spacial score (nSPS) is 24.4. The van der Waals surface area contributed by atoms with Gasteiger partial charge in [-0.1, -0.05) is 0 Å². The van der Waals surface area contributed by atoms with Crippen LogP contribution >= 0.6 is 0 Å². The molecule has 0 aliphatic carbocycles. The third-order valence-electron chi connectivity index (χ3n) is 3.87. The minimum absolute atomic E-state index is 0.0214. The lowest BCUT2D eigenvalue weighted by Gasteiger charge is -2.21. The number of benzene rings is 1. The number of aliphatic hydroxyl groups is 1. The van der Waals surface area contributed by atoms with Crippen LogP contribution in [0.4, 0.5) is 0 Å². The van der Waals surface area contributed by atoms with Gasteiger partial charge in [-0.3, -0.25) is 4.79 Å². The molecule has 0 spiro atoms. The maximum Gasteiger partial charge on any atom is 0.261 e. The molecule has 1 aromatic carbocycles. The monoisotopic (exact) mass is 291 g/mol. The fourth-order valence-corrected chi connectivity index (χ4v) is 3.02. The third-order valence-corrected chi connectivity index (χ3v) is 3.87. The number of aliphatic hydroxyl groups excluding tert-OH is 1. The number of amides is 1. The van der Waals surface area contributed by atoms with Crippen LogP contribution in [0.15, 0.2) is 12.1 Å². The van der Waals surface area contributed by atoms with Gasteiger partial charge in [-0.2, -0.15) is 0 Å². The molecule has 2 atom stereocenters. The first-order chi connectivity index (χ1) is 9.95. The maximum absolute atomic E-state index is 12.8. The van der Waals surface area contributed by atoms with Crippen molar-refractivity contribution in [2.24, 2.45) is 0 Å². The lowest BCUT2D eigenvalue weighted by atomic mass is 10.1. The van der Waals surface area contributed by atoms with E-state index in [9.17, 15) is 9.90 Å². The van der Waals surface area contributed by atoms with Gasteiger partial charge in [-0.15, -0.1) is 0 Å². The second kappa shape index (κ2) is 5.22. The van der Waals surface area contributed by atoms with Crippen molar-refractivity contribution in [3.63, 3.8) is 0 Å². The Kier molecular flexibility index (Phi) is 3.53. The number of ether oxygens (including phenoxy) is 2. The zero-order valence-corrected chi connectivity index (χ0v) is 12.6. The molecule has 0 aromatic heterocycles. The van der Waals surface area contributed by atoms with Crippen molar-refractivity contribution in [1.29, 1.82) is 0 Å². The summed E-state index contributed by atoms with van der Waals surface area (Å²) in [7, 11) is 0. The van der Waals surface area contributed by atoms with Crippen molar-refractivity contribution in [2.75, 3.05) is 13.2 Å². The van der Waals surface area contributed by atoms with Gasteiger partial charge in [0.05, 0.1) is 18.2 Å². The molecule has 21 heavy (non-hydrogen) atoms. The average Bonchev–Trinajstić information content (AvgIpc) is 2.70. The lowest BCUT2D eigenvalue weighted by Crippen LogP contribution is -2.37. The molecule has 114 valence electrons. The van der Waals surface area contributed by atoms with Gasteiger partial charge in [0, 0.05) is 6.54 Å². The van der Waals surface area contributed by atoms with E-state index in [1.807, 2.05) is 32.9 Å². The average molecular weight is 291 g/mol. The van der Waals surface area contributed by atoms with E-state index in [1.54, 1.807) is 4.90 Å². The van der Waals surface area contributed by atoms with E-state index in [-0.39, 0.29) is 18.1 Å². The maximum atomic E-state index is 12.8. The minimum Gasteiger partial charge on any atom is -0.490 e. The van der Waals surface area contributed by atoms with Crippen molar-refractivity contribution in [3.8, 4) is 11.5 Å². The molecule has 2 aliphatic rings. The summed E-state index contributed by atoms with van der Waals surface area (Å²) < 4.78 is 11.6. The molecule has 1 fully saturated rings. The molecule has 0 bridgehead atoms. The van der Waals surface area contributed by atoms with Crippen molar-refractivity contribution in [3.05, 3.63) is 23.3 Å². The van der Waals surface area contributed by atoms with E-state index in [0.29, 0.717) is 36.6 Å². The van der Waals surface area contributed by atoms with Gasteiger partial charge < -0.3 is 19.5 Å². The molecule has 1 aromatic rings. The van der Waals surface area contributed by atoms with Crippen LogP contribution in [0.3, 0.4) is 0 Å². The van der Waals surface area contributed by atoms with Gasteiger partial charge in [-0.25, -0.2) is 0 Å².